The molecule has 0 spiro atoms. The van der Waals surface area contributed by atoms with Crippen LogP contribution in [-0.4, -0.2) is 12.5 Å². The van der Waals surface area contributed by atoms with E-state index in [1.165, 1.54) is 0 Å². The average molecular weight is 308 g/mol. The highest BCUT2D eigenvalue weighted by Crippen LogP contribution is 2.28. The van der Waals surface area contributed by atoms with Gasteiger partial charge in [-0.1, -0.05) is 32.0 Å². The van der Waals surface area contributed by atoms with E-state index in [1.807, 2.05) is 30.3 Å². The zero-order chi connectivity index (χ0) is 16.7. The summed E-state index contributed by atoms with van der Waals surface area (Å²) in [6, 6.07) is 16.6. The molecule has 0 saturated carbocycles. The number of para-hydroxylation sites is 1. The van der Waals surface area contributed by atoms with Crippen molar-refractivity contribution < 1.29 is 9.53 Å². The zero-order valence-corrected chi connectivity index (χ0v) is 13.4. The molecular formula is C19H20N2O2. The summed E-state index contributed by atoms with van der Waals surface area (Å²) in [5.74, 6) is 0.901. The summed E-state index contributed by atoms with van der Waals surface area (Å²) < 4.78 is 5.67. The van der Waals surface area contributed by atoms with Gasteiger partial charge in [-0.05, 0) is 48.2 Å². The highest BCUT2D eigenvalue weighted by Gasteiger charge is 2.11. The molecule has 23 heavy (non-hydrogen) atoms. The number of rotatable bonds is 6. The second kappa shape index (κ2) is 8.00. The van der Waals surface area contributed by atoms with Crippen molar-refractivity contribution in [1.29, 1.82) is 5.26 Å². The van der Waals surface area contributed by atoms with E-state index in [1.54, 1.807) is 24.3 Å². The van der Waals surface area contributed by atoms with Crippen molar-refractivity contribution in [1.82, 2.24) is 0 Å². The molecule has 0 aliphatic carbocycles. The van der Waals surface area contributed by atoms with Crippen molar-refractivity contribution in [3.05, 3.63) is 59.7 Å². The Hall–Kier alpha value is -2.80. The van der Waals surface area contributed by atoms with E-state index in [4.69, 9.17) is 10.00 Å². The fourth-order valence-corrected chi connectivity index (χ4v) is 2.21. The lowest BCUT2D eigenvalue weighted by atomic mass is 9.98. The third-order valence-corrected chi connectivity index (χ3v) is 3.72. The molecule has 1 N–H and O–H groups in total. The molecule has 0 bridgehead atoms. The molecular weight excluding hydrogens is 288 g/mol. The molecule has 1 atom stereocenters. The van der Waals surface area contributed by atoms with Crippen LogP contribution in [-0.2, 0) is 4.79 Å². The summed E-state index contributed by atoms with van der Waals surface area (Å²) in [6.07, 6.45) is 1.01. The second-order valence-corrected chi connectivity index (χ2v) is 5.37. The lowest BCUT2D eigenvalue weighted by molar-refractivity contribution is -0.118. The summed E-state index contributed by atoms with van der Waals surface area (Å²) in [7, 11) is 0. The van der Waals surface area contributed by atoms with Crippen LogP contribution >= 0.6 is 0 Å². The largest absolute Gasteiger partial charge is 0.483 e. The van der Waals surface area contributed by atoms with E-state index < -0.39 is 0 Å². The minimum Gasteiger partial charge on any atom is -0.483 e. The lowest BCUT2D eigenvalue weighted by Crippen LogP contribution is -2.20. The van der Waals surface area contributed by atoms with Crippen molar-refractivity contribution in [3.63, 3.8) is 0 Å². The van der Waals surface area contributed by atoms with Crippen LogP contribution in [0.3, 0.4) is 0 Å². The monoisotopic (exact) mass is 308 g/mol. The van der Waals surface area contributed by atoms with Gasteiger partial charge in [-0.2, -0.15) is 5.26 Å². The fraction of sp³-hybridized carbons (Fsp3) is 0.263. The van der Waals surface area contributed by atoms with Gasteiger partial charge >= 0.3 is 0 Å². The predicted octanol–water partition coefficient (Wildman–Crippen LogP) is 4.09. The van der Waals surface area contributed by atoms with Crippen molar-refractivity contribution in [2.24, 2.45) is 0 Å². The second-order valence-electron chi connectivity index (χ2n) is 5.37. The fourth-order valence-electron chi connectivity index (χ4n) is 2.21. The zero-order valence-electron chi connectivity index (χ0n) is 13.4. The van der Waals surface area contributed by atoms with Crippen LogP contribution in [0.1, 0.15) is 37.3 Å². The number of hydrogen-bond acceptors (Lipinski definition) is 3. The predicted molar refractivity (Wildman–Crippen MR) is 90.4 cm³/mol. The number of nitrogens with zero attached hydrogens (tertiary/aromatic N) is 1. The van der Waals surface area contributed by atoms with Crippen LogP contribution in [0.4, 0.5) is 5.69 Å². The highest BCUT2D eigenvalue weighted by molar-refractivity contribution is 5.91. The third kappa shape index (κ3) is 4.58. The Kier molecular flexibility index (Phi) is 5.76. The molecule has 0 fully saturated rings. The van der Waals surface area contributed by atoms with Crippen molar-refractivity contribution in [3.8, 4) is 11.8 Å². The number of nitrogens with one attached hydrogen (secondary N) is 1. The van der Waals surface area contributed by atoms with E-state index in [9.17, 15) is 4.79 Å². The van der Waals surface area contributed by atoms with Gasteiger partial charge in [-0.15, -0.1) is 0 Å². The number of carbonyl (C=O) groups excluding carboxylic acids is 1. The number of nitriles is 1. The molecule has 0 heterocycles. The first-order chi connectivity index (χ1) is 11.1. The van der Waals surface area contributed by atoms with E-state index in [2.05, 4.69) is 19.2 Å². The molecule has 4 nitrogen and oxygen atoms in total. The molecule has 1 amide bonds. The quantitative estimate of drug-likeness (QED) is 0.874. The number of hydrogen-bond donors (Lipinski definition) is 1. The van der Waals surface area contributed by atoms with Crippen molar-refractivity contribution in [2.75, 3.05) is 11.9 Å². The van der Waals surface area contributed by atoms with Gasteiger partial charge in [-0.25, -0.2) is 0 Å². The van der Waals surface area contributed by atoms with Gasteiger partial charge in [0.1, 0.15) is 5.75 Å². The summed E-state index contributed by atoms with van der Waals surface area (Å²) in [5, 5.41) is 11.5. The van der Waals surface area contributed by atoms with E-state index in [-0.39, 0.29) is 12.5 Å². The molecule has 2 rings (SSSR count). The van der Waals surface area contributed by atoms with Crippen LogP contribution in [0, 0.1) is 11.3 Å². The van der Waals surface area contributed by atoms with Gasteiger partial charge in [0.25, 0.3) is 5.91 Å². The number of anilines is 1. The standard InChI is InChI=1S/C19H20N2O2/c1-3-14(2)17-6-4-5-7-18(17)23-13-19(22)21-16-10-8-15(12-20)9-11-16/h4-11,14H,3,13H2,1-2H3,(H,21,22). The number of ether oxygens (including phenoxy) is 1. The highest BCUT2D eigenvalue weighted by atomic mass is 16.5. The Morgan fingerprint density at radius 3 is 2.57 bits per heavy atom. The van der Waals surface area contributed by atoms with Crippen LogP contribution < -0.4 is 10.1 Å². The summed E-state index contributed by atoms with van der Waals surface area (Å²) in [6.45, 7) is 4.21. The average Bonchev–Trinajstić information content (AvgIpc) is 2.60. The minimum absolute atomic E-state index is 0.0482. The number of benzene rings is 2. The van der Waals surface area contributed by atoms with Crippen LogP contribution in [0.5, 0.6) is 5.75 Å². The first-order valence-electron chi connectivity index (χ1n) is 7.65. The number of amides is 1. The van der Waals surface area contributed by atoms with Gasteiger partial charge in [-0.3, -0.25) is 4.79 Å². The van der Waals surface area contributed by atoms with Crippen molar-refractivity contribution in [2.45, 2.75) is 26.2 Å². The summed E-state index contributed by atoms with van der Waals surface area (Å²) >= 11 is 0. The van der Waals surface area contributed by atoms with Gasteiger partial charge in [0.15, 0.2) is 6.61 Å². The molecule has 0 aliphatic rings. The Labute approximate surface area is 136 Å². The maximum absolute atomic E-state index is 12.0. The first-order valence-corrected chi connectivity index (χ1v) is 7.65. The number of carbonyl (C=O) groups is 1. The van der Waals surface area contributed by atoms with Crippen molar-refractivity contribution >= 4 is 11.6 Å². The van der Waals surface area contributed by atoms with Gasteiger partial charge in [0.2, 0.25) is 0 Å². The molecule has 118 valence electrons. The topological polar surface area (TPSA) is 62.1 Å². The van der Waals surface area contributed by atoms with E-state index in [0.29, 0.717) is 17.2 Å². The SMILES string of the molecule is CCC(C)c1ccccc1OCC(=O)Nc1ccc(C#N)cc1. The van der Waals surface area contributed by atoms with Crippen LogP contribution in [0.25, 0.3) is 0 Å². The Balaban J connectivity index is 1.95. The Morgan fingerprint density at radius 1 is 1.22 bits per heavy atom. The molecule has 4 heteroatoms. The van der Waals surface area contributed by atoms with Gasteiger partial charge in [0.05, 0.1) is 11.6 Å². The third-order valence-electron chi connectivity index (χ3n) is 3.72. The molecule has 0 aliphatic heterocycles. The smallest absolute Gasteiger partial charge is 0.262 e. The first kappa shape index (κ1) is 16.6. The minimum atomic E-state index is -0.228. The summed E-state index contributed by atoms with van der Waals surface area (Å²) in [5.41, 5.74) is 2.32. The van der Waals surface area contributed by atoms with Gasteiger partial charge < -0.3 is 10.1 Å². The van der Waals surface area contributed by atoms with E-state index >= 15 is 0 Å². The van der Waals surface area contributed by atoms with E-state index in [0.717, 1.165) is 17.7 Å². The molecule has 2 aromatic rings. The Bertz CT molecular complexity index is 702. The lowest BCUT2D eigenvalue weighted by Gasteiger charge is -2.15. The van der Waals surface area contributed by atoms with Crippen LogP contribution in [0.15, 0.2) is 48.5 Å². The molecule has 1 unspecified atom stereocenters. The molecule has 0 saturated heterocycles. The maximum Gasteiger partial charge on any atom is 0.262 e. The normalized spacial score (nSPS) is 11.3. The summed E-state index contributed by atoms with van der Waals surface area (Å²) in [4.78, 5) is 12.0. The van der Waals surface area contributed by atoms with Crippen LogP contribution in [0.2, 0.25) is 0 Å². The molecule has 0 aromatic heterocycles. The molecule has 2 aromatic carbocycles. The maximum atomic E-state index is 12.0. The molecule has 0 radical (unpaired) electrons. The van der Waals surface area contributed by atoms with Gasteiger partial charge in [0, 0.05) is 5.69 Å². The Morgan fingerprint density at radius 2 is 1.91 bits per heavy atom.